The van der Waals surface area contributed by atoms with Gasteiger partial charge in [0.2, 0.25) is 0 Å². The van der Waals surface area contributed by atoms with E-state index in [4.69, 9.17) is 5.11 Å². The highest BCUT2D eigenvalue weighted by atomic mass is 16.4. The Balaban J connectivity index is 3.30. The number of aliphatic carboxylic acids is 1. The molecule has 0 heterocycles. The summed E-state index contributed by atoms with van der Waals surface area (Å²) in [5.41, 5.74) is 0. The van der Waals surface area contributed by atoms with Crippen LogP contribution in [0.1, 0.15) is 90.4 Å². The van der Waals surface area contributed by atoms with Crippen molar-refractivity contribution in [2.75, 3.05) is 0 Å². The maximum Gasteiger partial charge on any atom is 0.303 e. The fourth-order valence-electron chi connectivity index (χ4n) is 2.38. The second-order valence-electron chi connectivity index (χ2n) is 5.90. The van der Waals surface area contributed by atoms with Gasteiger partial charge in [-0.1, -0.05) is 70.4 Å². The van der Waals surface area contributed by atoms with Crippen LogP contribution in [0.2, 0.25) is 0 Å². The normalized spacial score (nSPS) is 12.9. The number of carbonyl (C=O) groups is 1. The Kier molecular flexibility index (Phi) is 14.9. The first-order chi connectivity index (χ1) is 10.2. The number of rotatable bonds is 15. The van der Waals surface area contributed by atoms with E-state index in [1.165, 1.54) is 38.5 Å². The van der Waals surface area contributed by atoms with Crippen LogP contribution in [0.15, 0.2) is 12.2 Å². The molecule has 0 spiro atoms. The lowest BCUT2D eigenvalue weighted by Gasteiger charge is -2.05. The first-order valence-electron chi connectivity index (χ1n) is 8.73. The van der Waals surface area contributed by atoms with Crippen molar-refractivity contribution in [2.24, 2.45) is 0 Å². The van der Waals surface area contributed by atoms with E-state index in [-0.39, 0.29) is 12.5 Å². The van der Waals surface area contributed by atoms with Gasteiger partial charge in [-0.2, -0.15) is 0 Å². The summed E-state index contributed by atoms with van der Waals surface area (Å²) in [6.45, 7) is 2.23. The number of carboxylic acid groups (broad SMARTS) is 1. The summed E-state index contributed by atoms with van der Waals surface area (Å²) < 4.78 is 0. The van der Waals surface area contributed by atoms with Gasteiger partial charge in [-0.05, 0) is 25.7 Å². The van der Waals surface area contributed by atoms with Gasteiger partial charge in [0.1, 0.15) is 0 Å². The quantitative estimate of drug-likeness (QED) is 0.327. The van der Waals surface area contributed by atoms with Crippen molar-refractivity contribution in [2.45, 2.75) is 96.5 Å². The molecule has 3 heteroatoms. The van der Waals surface area contributed by atoms with Gasteiger partial charge >= 0.3 is 5.97 Å². The van der Waals surface area contributed by atoms with Crippen LogP contribution in [0.3, 0.4) is 0 Å². The van der Waals surface area contributed by atoms with Gasteiger partial charge in [-0.15, -0.1) is 0 Å². The fourth-order valence-corrected chi connectivity index (χ4v) is 2.38. The third-order valence-corrected chi connectivity index (χ3v) is 3.72. The zero-order valence-corrected chi connectivity index (χ0v) is 13.7. The average Bonchev–Trinajstić information content (AvgIpc) is 2.45. The van der Waals surface area contributed by atoms with Crippen molar-refractivity contribution in [3.8, 4) is 0 Å². The van der Waals surface area contributed by atoms with Gasteiger partial charge < -0.3 is 10.2 Å². The molecule has 0 radical (unpaired) electrons. The Bertz CT molecular complexity index is 261. The molecule has 0 aromatic heterocycles. The number of hydrogen-bond donors (Lipinski definition) is 2. The smallest absolute Gasteiger partial charge is 0.303 e. The molecule has 0 saturated heterocycles. The average molecular weight is 298 g/mol. The summed E-state index contributed by atoms with van der Waals surface area (Å²) in [7, 11) is 0. The standard InChI is InChI=1S/C18H34O3/c1-2-3-4-5-6-7-8-11-14-17(19)15-12-9-10-13-16-18(20)21/h11,14,17,19H,2-10,12-13,15-16H2,1H3,(H,20,21). The summed E-state index contributed by atoms with van der Waals surface area (Å²) in [4.78, 5) is 10.3. The van der Waals surface area contributed by atoms with Crippen LogP contribution in [0, 0.1) is 0 Å². The molecule has 0 saturated carbocycles. The van der Waals surface area contributed by atoms with Gasteiger partial charge in [0.05, 0.1) is 6.10 Å². The molecule has 21 heavy (non-hydrogen) atoms. The molecule has 0 aliphatic carbocycles. The van der Waals surface area contributed by atoms with Crippen molar-refractivity contribution in [1.29, 1.82) is 0 Å². The molecule has 0 fully saturated rings. The number of hydrogen-bond acceptors (Lipinski definition) is 2. The summed E-state index contributed by atoms with van der Waals surface area (Å²) >= 11 is 0. The van der Waals surface area contributed by atoms with E-state index in [0.717, 1.165) is 38.5 Å². The van der Waals surface area contributed by atoms with Gasteiger partial charge in [-0.25, -0.2) is 0 Å². The highest BCUT2D eigenvalue weighted by Crippen LogP contribution is 2.10. The molecule has 1 unspecified atom stereocenters. The Labute approximate surface area is 130 Å². The summed E-state index contributed by atoms with van der Waals surface area (Å²) in [6.07, 6.45) is 17.4. The summed E-state index contributed by atoms with van der Waals surface area (Å²) in [6, 6.07) is 0. The Morgan fingerprint density at radius 2 is 1.57 bits per heavy atom. The Hall–Kier alpha value is -0.830. The molecule has 0 bridgehead atoms. The number of carboxylic acids is 1. The van der Waals surface area contributed by atoms with Crippen molar-refractivity contribution < 1.29 is 15.0 Å². The van der Waals surface area contributed by atoms with Crippen molar-refractivity contribution in [3.05, 3.63) is 12.2 Å². The largest absolute Gasteiger partial charge is 0.481 e. The molecule has 0 aromatic carbocycles. The van der Waals surface area contributed by atoms with Crippen molar-refractivity contribution in [3.63, 3.8) is 0 Å². The first kappa shape index (κ1) is 20.2. The minimum atomic E-state index is -0.715. The third kappa shape index (κ3) is 17.1. The second-order valence-corrected chi connectivity index (χ2v) is 5.90. The number of allylic oxidation sites excluding steroid dienone is 1. The second kappa shape index (κ2) is 15.6. The molecule has 0 aliphatic rings. The predicted molar refractivity (Wildman–Crippen MR) is 88.5 cm³/mol. The zero-order chi connectivity index (χ0) is 15.8. The van der Waals surface area contributed by atoms with Crippen LogP contribution in [0.5, 0.6) is 0 Å². The maximum atomic E-state index is 10.3. The Morgan fingerprint density at radius 3 is 2.29 bits per heavy atom. The highest BCUT2D eigenvalue weighted by Gasteiger charge is 2.00. The number of aliphatic hydroxyl groups is 1. The minimum absolute atomic E-state index is 0.265. The van der Waals surface area contributed by atoms with E-state index < -0.39 is 5.97 Å². The molecule has 2 N–H and O–H groups in total. The van der Waals surface area contributed by atoms with E-state index in [1.54, 1.807) is 0 Å². The van der Waals surface area contributed by atoms with Gasteiger partial charge in [0, 0.05) is 6.42 Å². The van der Waals surface area contributed by atoms with E-state index in [1.807, 2.05) is 6.08 Å². The number of aliphatic hydroxyl groups excluding tert-OH is 1. The zero-order valence-electron chi connectivity index (χ0n) is 13.7. The molecule has 1 atom stereocenters. The van der Waals surface area contributed by atoms with Crippen LogP contribution in [-0.4, -0.2) is 22.3 Å². The van der Waals surface area contributed by atoms with E-state index in [2.05, 4.69) is 13.0 Å². The predicted octanol–water partition coefficient (Wildman–Crippen LogP) is 5.08. The lowest BCUT2D eigenvalue weighted by molar-refractivity contribution is -0.137. The first-order valence-corrected chi connectivity index (χ1v) is 8.73. The van der Waals surface area contributed by atoms with Crippen LogP contribution in [0.4, 0.5) is 0 Å². The molecule has 0 aliphatic heterocycles. The Morgan fingerprint density at radius 1 is 0.952 bits per heavy atom. The monoisotopic (exact) mass is 298 g/mol. The van der Waals surface area contributed by atoms with E-state index >= 15 is 0 Å². The topological polar surface area (TPSA) is 57.5 Å². The molecule has 0 amide bonds. The van der Waals surface area contributed by atoms with E-state index in [0.29, 0.717) is 0 Å². The van der Waals surface area contributed by atoms with Crippen LogP contribution in [0.25, 0.3) is 0 Å². The van der Waals surface area contributed by atoms with Crippen LogP contribution >= 0.6 is 0 Å². The van der Waals surface area contributed by atoms with Gasteiger partial charge in [0.15, 0.2) is 0 Å². The molecular formula is C18H34O3. The lowest BCUT2D eigenvalue weighted by Crippen LogP contribution is -2.01. The van der Waals surface area contributed by atoms with E-state index in [9.17, 15) is 9.90 Å². The van der Waals surface area contributed by atoms with Crippen molar-refractivity contribution >= 4 is 5.97 Å². The molecule has 3 nitrogen and oxygen atoms in total. The maximum absolute atomic E-state index is 10.3. The fraction of sp³-hybridized carbons (Fsp3) is 0.833. The van der Waals surface area contributed by atoms with Crippen LogP contribution in [-0.2, 0) is 4.79 Å². The van der Waals surface area contributed by atoms with Gasteiger partial charge in [-0.3, -0.25) is 4.79 Å². The van der Waals surface area contributed by atoms with Crippen LogP contribution < -0.4 is 0 Å². The summed E-state index contributed by atoms with van der Waals surface area (Å²) in [5, 5.41) is 18.3. The van der Waals surface area contributed by atoms with Gasteiger partial charge in [0.25, 0.3) is 0 Å². The number of unbranched alkanes of at least 4 members (excludes halogenated alkanes) is 9. The third-order valence-electron chi connectivity index (χ3n) is 3.72. The summed E-state index contributed by atoms with van der Waals surface area (Å²) in [5.74, 6) is -0.715. The van der Waals surface area contributed by atoms with Crippen molar-refractivity contribution in [1.82, 2.24) is 0 Å². The minimum Gasteiger partial charge on any atom is -0.481 e. The molecule has 0 rings (SSSR count). The molecule has 124 valence electrons. The lowest BCUT2D eigenvalue weighted by atomic mass is 10.1. The highest BCUT2D eigenvalue weighted by molar-refractivity contribution is 5.66. The molecule has 0 aromatic rings. The molecular weight excluding hydrogens is 264 g/mol. The SMILES string of the molecule is CCCCCCCCC=CC(O)CCCCCCC(=O)O.